The van der Waals surface area contributed by atoms with Crippen LogP contribution in [0.4, 0.5) is 0 Å². The Labute approximate surface area is 185 Å². The molecule has 0 radical (unpaired) electrons. The van der Waals surface area contributed by atoms with E-state index in [0.29, 0.717) is 17.2 Å². The lowest BCUT2D eigenvalue weighted by Crippen LogP contribution is -2.31. The largest absolute Gasteiger partial charge is 0.462 e. The minimum atomic E-state index is -0.896. The molecule has 1 spiro atoms. The molecule has 8 heteroatoms. The number of hydrogen-bond acceptors (Lipinski definition) is 8. The second kappa shape index (κ2) is 7.32. The van der Waals surface area contributed by atoms with Crippen LogP contribution in [0.5, 0.6) is 11.6 Å². The summed E-state index contributed by atoms with van der Waals surface area (Å²) in [7, 11) is 1.63. The maximum atomic E-state index is 6.13. The molecule has 160 valence electrons. The van der Waals surface area contributed by atoms with Crippen LogP contribution in [-0.4, -0.2) is 40.3 Å². The van der Waals surface area contributed by atoms with Crippen molar-refractivity contribution in [2.75, 3.05) is 13.7 Å². The van der Waals surface area contributed by atoms with Gasteiger partial charge >= 0.3 is 0 Å². The molecule has 0 saturated carbocycles. The van der Waals surface area contributed by atoms with Crippen molar-refractivity contribution >= 4 is 6.02 Å². The Morgan fingerprint density at radius 1 is 1.12 bits per heavy atom. The monoisotopic (exact) mass is 427 g/mol. The summed E-state index contributed by atoms with van der Waals surface area (Å²) in [6.07, 6.45) is 6.67. The third-order valence-electron chi connectivity index (χ3n) is 5.54. The molecule has 2 aromatic heterocycles. The van der Waals surface area contributed by atoms with Gasteiger partial charge < -0.3 is 19.9 Å². The van der Waals surface area contributed by atoms with E-state index < -0.39 is 11.1 Å². The van der Waals surface area contributed by atoms with E-state index in [9.17, 15) is 0 Å². The van der Waals surface area contributed by atoms with Gasteiger partial charge in [-0.3, -0.25) is 9.97 Å². The van der Waals surface area contributed by atoms with Crippen molar-refractivity contribution in [3.8, 4) is 34.7 Å². The second-order valence-electron chi connectivity index (χ2n) is 8.04. The molecule has 1 aromatic carbocycles. The molecule has 2 aliphatic heterocycles. The number of benzene rings is 1. The second-order valence-corrected chi connectivity index (χ2v) is 8.04. The van der Waals surface area contributed by atoms with Gasteiger partial charge in [0.25, 0.3) is 6.02 Å². The summed E-state index contributed by atoms with van der Waals surface area (Å²) in [6, 6.07) is 7.83. The fourth-order valence-electron chi connectivity index (χ4n) is 3.68. The van der Waals surface area contributed by atoms with E-state index in [2.05, 4.69) is 26.8 Å². The smallest absolute Gasteiger partial charge is 0.283 e. The summed E-state index contributed by atoms with van der Waals surface area (Å²) < 4.78 is 17.2. The molecule has 0 saturated heterocycles. The van der Waals surface area contributed by atoms with Crippen LogP contribution in [0.3, 0.4) is 0 Å². The molecule has 2 N–H and O–H groups in total. The van der Waals surface area contributed by atoms with Crippen LogP contribution in [0.25, 0.3) is 11.3 Å². The lowest BCUT2D eigenvalue weighted by molar-refractivity contribution is 0.0742. The van der Waals surface area contributed by atoms with Crippen molar-refractivity contribution in [2.45, 2.75) is 25.0 Å². The van der Waals surface area contributed by atoms with E-state index in [4.69, 9.17) is 24.9 Å². The summed E-state index contributed by atoms with van der Waals surface area (Å²) in [5.74, 6) is 7.33. The van der Waals surface area contributed by atoms with Crippen molar-refractivity contribution in [1.82, 2.24) is 15.0 Å². The van der Waals surface area contributed by atoms with Gasteiger partial charge in [0, 0.05) is 42.4 Å². The zero-order chi connectivity index (χ0) is 22.3. The summed E-state index contributed by atoms with van der Waals surface area (Å²) in [5.41, 5.74) is 8.39. The highest BCUT2D eigenvalue weighted by Crippen LogP contribution is 2.50. The fourth-order valence-corrected chi connectivity index (χ4v) is 3.68. The van der Waals surface area contributed by atoms with Gasteiger partial charge in [-0.2, -0.15) is 0 Å². The summed E-state index contributed by atoms with van der Waals surface area (Å²) in [6.45, 7) is 4.03. The molecule has 4 heterocycles. The number of methoxy groups -OCH3 is 1. The van der Waals surface area contributed by atoms with Gasteiger partial charge in [-0.05, 0) is 38.1 Å². The van der Waals surface area contributed by atoms with E-state index >= 15 is 0 Å². The number of amidine groups is 1. The third-order valence-corrected chi connectivity index (χ3v) is 5.54. The van der Waals surface area contributed by atoms with E-state index in [1.165, 1.54) is 0 Å². The average molecular weight is 427 g/mol. The Kier molecular flexibility index (Phi) is 4.57. The topological polar surface area (TPSA) is 105 Å². The molecular formula is C24H21N5O3. The van der Waals surface area contributed by atoms with Gasteiger partial charge in [0.1, 0.15) is 18.0 Å². The van der Waals surface area contributed by atoms with Gasteiger partial charge in [-0.15, -0.1) is 0 Å². The number of ether oxygens (including phenoxy) is 3. The van der Waals surface area contributed by atoms with Crippen LogP contribution in [0.15, 0.2) is 54.0 Å². The average Bonchev–Trinajstić information content (AvgIpc) is 3.21. The first-order chi connectivity index (χ1) is 15.4. The first-order valence-electron chi connectivity index (χ1n) is 10.1. The van der Waals surface area contributed by atoms with Crippen LogP contribution in [0.1, 0.15) is 30.5 Å². The minimum Gasteiger partial charge on any atom is -0.462 e. The Hall–Kier alpha value is -3.96. The van der Waals surface area contributed by atoms with Crippen molar-refractivity contribution < 1.29 is 14.2 Å². The highest BCUT2D eigenvalue weighted by Gasteiger charge is 2.47. The minimum absolute atomic E-state index is 0.116. The highest BCUT2D eigenvalue weighted by molar-refractivity contribution is 5.77. The van der Waals surface area contributed by atoms with E-state index in [1.807, 2.05) is 38.1 Å². The van der Waals surface area contributed by atoms with Crippen LogP contribution in [0.2, 0.25) is 0 Å². The van der Waals surface area contributed by atoms with Gasteiger partial charge in [-0.1, -0.05) is 11.8 Å². The molecule has 5 rings (SSSR count). The predicted molar refractivity (Wildman–Crippen MR) is 118 cm³/mol. The van der Waals surface area contributed by atoms with Crippen LogP contribution in [0, 0.1) is 11.8 Å². The molecule has 0 amide bonds. The van der Waals surface area contributed by atoms with Gasteiger partial charge in [0.2, 0.25) is 5.88 Å². The maximum Gasteiger partial charge on any atom is 0.283 e. The molecule has 0 aliphatic carbocycles. The lowest BCUT2D eigenvalue weighted by Gasteiger charge is -2.33. The van der Waals surface area contributed by atoms with Crippen molar-refractivity contribution in [3.05, 3.63) is 65.7 Å². The Morgan fingerprint density at radius 3 is 2.72 bits per heavy atom. The summed E-state index contributed by atoms with van der Waals surface area (Å²) in [4.78, 5) is 17.8. The number of aliphatic imine (C=N–C) groups is 1. The van der Waals surface area contributed by atoms with Crippen LogP contribution in [-0.2, 0) is 15.0 Å². The Morgan fingerprint density at radius 2 is 2.00 bits per heavy atom. The van der Waals surface area contributed by atoms with Crippen LogP contribution < -0.4 is 10.5 Å². The zero-order valence-electron chi connectivity index (χ0n) is 17.9. The normalized spacial score (nSPS) is 18.5. The first kappa shape index (κ1) is 20.0. The zero-order valence-corrected chi connectivity index (χ0v) is 17.9. The van der Waals surface area contributed by atoms with Crippen LogP contribution >= 0.6 is 0 Å². The highest BCUT2D eigenvalue weighted by atomic mass is 16.5. The number of nitrogens with zero attached hydrogens (tertiary/aromatic N) is 4. The molecule has 1 atom stereocenters. The number of aromatic nitrogens is 3. The Bertz CT molecular complexity index is 1290. The fraction of sp³-hybridized carbons (Fsp3) is 0.250. The van der Waals surface area contributed by atoms with E-state index in [1.54, 1.807) is 31.9 Å². The predicted octanol–water partition coefficient (Wildman–Crippen LogP) is 3.01. The lowest BCUT2D eigenvalue weighted by atomic mass is 9.81. The van der Waals surface area contributed by atoms with E-state index in [-0.39, 0.29) is 12.6 Å². The number of fused-ring (bicyclic) bond motifs is 4. The molecular weight excluding hydrogens is 406 g/mol. The first-order valence-corrected chi connectivity index (χ1v) is 10.1. The molecule has 8 nitrogen and oxygen atoms in total. The number of pyridine rings is 1. The molecule has 3 aromatic rings. The molecule has 0 fully saturated rings. The van der Waals surface area contributed by atoms with Gasteiger partial charge in [0.05, 0.1) is 17.5 Å². The number of rotatable bonds is 2. The molecule has 0 unspecified atom stereocenters. The summed E-state index contributed by atoms with van der Waals surface area (Å²) in [5, 5.41) is 0. The quantitative estimate of drug-likeness (QED) is 0.627. The standard InChI is InChI=1S/C24H21N5O3/c1-23(2,30-3)7-6-15-10-18-21(28-12-15)32-20-5-4-16(19-13-26-8-9-27-19)11-17(20)24(18)14-31-22(25)29-24/h4-5,8-13H,14H2,1-3H3,(H2,25,29)/t24-/m0/s1. The van der Waals surface area contributed by atoms with Gasteiger partial charge in [-0.25, -0.2) is 9.98 Å². The van der Waals surface area contributed by atoms with Crippen molar-refractivity contribution in [3.63, 3.8) is 0 Å². The van der Waals surface area contributed by atoms with Crippen molar-refractivity contribution in [2.24, 2.45) is 10.7 Å². The molecule has 32 heavy (non-hydrogen) atoms. The number of nitrogens with two attached hydrogens (primary N) is 1. The molecule has 0 bridgehead atoms. The maximum absolute atomic E-state index is 6.13. The van der Waals surface area contributed by atoms with Gasteiger partial charge in [0.15, 0.2) is 5.54 Å². The summed E-state index contributed by atoms with van der Waals surface area (Å²) >= 11 is 0. The molecule has 2 aliphatic rings. The van der Waals surface area contributed by atoms with Crippen molar-refractivity contribution in [1.29, 1.82) is 0 Å². The van der Waals surface area contributed by atoms with E-state index in [0.717, 1.165) is 22.4 Å². The third kappa shape index (κ3) is 3.33. The SMILES string of the molecule is COC(C)(C)C#Cc1cnc2c(c1)[C@]1(COC(N)=N1)c1cc(-c3cnccn3)ccc1O2. The number of hydrogen-bond donors (Lipinski definition) is 1. The Balaban J connectivity index is 1.66.